The molecule has 5 heteroatoms. The molecule has 2 rings (SSSR count). The van der Waals surface area contributed by atoms with Crippen LogP contribution in [0.15, 0.2) is 43.0 Å². The molecule has 1 aromatic rings. The average Bonchev–Trinajstić information content (AvgIpc) is 2.57. The van der Waals surface area contributed by atoms with Crippen molar-refractivity contribution in [2.75, 3.05) is 0 Å². The maximum atomic E-state index is 12.4. The third-order valence-electron chi connectivity index (χ3n) is 4.11. The van der Waals surface area contributed by atoms with Crippen molar-refractivity contribution >= 4 is 11.9 Å². The molecule has 0 aliphatic carbocycles. The number of amides is 1. The molecular weight excluding hydrogens is 318 g/mol. The van der Waals surface area contributed by atoms with E-state index in [1.807, 2.05) is 51.1 Å². The lowest BCUT2D eigenvalue weighted by atomic mass is 9.94. The fraction of sp³-hybridized carbons (Fsp3) is 0.500. The summed E-state index contributed by atoms with van der Waals surface area (Å²) in [5.41, 5.74) is 0.386. The number of hydroxylamine groups is 2. The highest BCUT2D eigenvalue weighted by Gasteiger charge is 2.40. The van der Waals surface area contributed by atoms with Crippen LogP contribution in [0.4, 0.5) is 0 Å². The molecule has 1 saturated heterocycles. The molecule has 0 N–H and O–H groups in total. The molecule has 0 bridgehead atoms. The van der Waals surface area contributed by atoms with E-state index >= 15 is 0 Å². The first kappa shape index (κ1) is 19.2. The molecule has 0 aromatic heterocycles. The van der Waals surface area contributed by atoms with Gasteiger partial charge >= 0.3 is 5.97 Å². The number of nitrogens with zero attached hydrogens (tertiary/aromatic N) is 1. The predicted octanol–water partition coefficient (Wildman–Crippen LogP) is 3.64. The van der Waals surface area contributed by atoms with Crippen molar-refractivity contribution in [1.29, 1.82) is 0 Å². The molecule has 1 fully saturated rings. The van der Waals surface area contributed by atoms with Gasteiger partial charge in [-0.1, -0.05) is 36.4 Å². The summed E-state index contributed by atoms with van der Waals surface area (Å²) in [7, 11) is 0. The fourth-order valence-electron chi connectivity index (χ4n) is 2.66. The fourth-order valence-corrected chi connectivity index (χ4v) is 2.66. The lowest BCUT2D eigenvalue weighted by Gasteiger charge is -2.39. The van der Waals surface area contributed by atoms with Crippen LogP contribution in [0.2, 0.25) is 0 Å². The van der Waals surface area contributed by atoms with E-state index in [0.29, 0.717) is 25.9 Å². The number of benzene rings is 1. The van der Waals surface area contributed by atoms with Gasteiger partial charge in [0.05, 0.1) is 5.41 Å². The van der Waals surface area contributed by atoms with Crippen molar-refractivity contribution in [3.63, 3.8) is 0 Å². The van der Waals surface area contributed by atoms with E-state index in [2.05, 4.69) is 6.58 Å². The monoisotopic (exact) mass is 345 g/mol. The molecule has 5 nitrogen and oxygen atoms in total. The van der Waals surface area contributed by atoms with Gasteiger partial charge in [0.1, 0.15) is 18.8 Å². The number of hydrogen-bond donors (Lipinski definition) is 0. The lowest BCUT2D eigenvalue weighted by molar-refractivity contribution is -0.231. The molecule has 1 amide bonds. The van der Waals surface area contributed by atoms with Crippen molar-refractivity contribution in [1.82, 2.24) is 5.06 Å². The number of rotatable bonds is 6. The highest BCUT2D eigenvalue weighted by Crippen LogP contribution is 2.28. The van der Waals surface area contributed by atoms with Crippen LogP contribution in [-0.2, 0) is 25.8 Å². The number of piperidine rings is 1. The third kappa shape index (κ3) is 5.16. The summed E-state index contributed by atoms with van der Waals surface area (Å²) < 4.78 is 5.69. The highest BCUT2D eigenvalue weighted by atomic mass is 16.7. The first-order chi connectivity index (χ1) is 11.8. The van der Waals surface area contributed by atoms with Gasteiger partial charge in [0, 0.05) is 6.42 Å². The van der Waals surface area contributed by atoms with Gasteiger partial charge in [-0.3, -0.25) is 14.4 Å². The van der Waals surface area contributed by atoms with Gasteiger partial charge in [0.2, 0.25) is 5.91 Å². The second-order valence-corrected chi connectivity index (χ2v) is 7.30. The molecule has 2 atom stereocenters. The quantitative estimate of drug-likeness (QED) is 0.583. The minimum absolute atomic E-state index is 0.0918. The predicted molar refractivity (Wildman–Crippen MR) is 95.2 cm³/mol. The smallest absolute Gasteiger partial charge is 0.311 e. The number of carbonyl (C=O) groups is 2. The average molecular weight is 345 g/mol. The Labute approximate surface area is 149 Å². The third-order valence-corrected chi connectivity index (χ3v) is 4.11. The number of esters is 1. The van der Waals surface area contributed by atoms with Gasteiger partial charge in [-0.15, -0.1) is 6.58 Å². The second-order valence-electron chi connectivity index (χ2n) is 7.30. The molecule has 0 spiro atoms. The summed E-state index contributed by atoms with van der Waals surface area (Å²) in [4.78, 5) is 30.4. The standard InChI is InChI=1S/C20H27NO4/c1-5-9-16-17(25-19(23)20(2,3)4)12-13-18(22)21(16)24-14-15-10-7-6-8-11-15/h5-8,10-11,16-17H,1,9,12-14H2,2-4H3/t16-,17+/m0/s1. The van der Waals surface area contributed by atoms with Crippen LogP contribution in [0.1, 0.15) is 45.6 Å². The Hall–Kier alpha value is -2.14. The van der Waals surface area contributed by atoms with Crippen LogP contribution in [0.5, 0.6) is 0 Å². The van der Waals surface area contributed by atoms with Gasteiger partial charge in [0.15, 0.2) is 0 Å². The first-order valence-corrected chi connectivity index (χ1v) is 8.64. The van der Waals surface area contributed by atoms with Crippen molar-refractivity contribution in [3.8, 4) is 0 Å². The molecule has 1 aliphatic rings. The van der Waals surface area contributed by atoms with Crippen LogP contribution >= 0.6 is 0 Å². The van der Waals surface area contributed by atoms with Crippen molar-refractivity contribution in [2.24, 2.45) is 5.41 Å². The van der Waals surface area contributed by atoms with E-state index in [1.54, 1.807) is 6.08 Å². The van der Waals surface area contributed by atoms with Crippen LogP contribution in [-0.4, -0.2) is 29.1 Å². The summed E-state index contributed by atoms with van der Waals surface area (Å²) in [6, 6.07) is 9.30. The topological polar surface area (TPSA) is 55.8 Å². The van der Waals surface area contributed by atoms with Gasteiger partial charge in [-0.2, -0.15) is 0 Å². The Morgan fingerprint density at radius 3 is 2.60 bits per heavy atom. The van der Waals surface area contributed by atoms with Gasteiger partial charge in [-0.25, -0.2) is 5.06 Å². The minimum atomic E-state index is -0.587. The van der Waals surface area contributed by atoms with Crippen LogP contribution in [0, 0.1) is 5.41 Å². The van der Waals surface area contributed by atoms with E-state index in [0.717, 1.165) is 5.56 Å². The Bertz CT molecular complexity index is 606. The number of carbonyl (C=O) groups excluding carboxylic acids is 2. The second kappa shape index (κ2) is 8.30. The molecule has 0 saturated carbocycles. The highest BCUT2D eigenvalue weighted by molar-refractivity contribution is 5.78. The largest absolute Gasteiger partial charge is 0.460 e. The lowest BCUT2D eigenvalue weighted by Crippen LogP contribution is -2.52. The van der Waals surface area contributed by atoms with Crippen LogP contribution < -0.4 is 0 Å². The Morgan fingerprint density at radius 1 is 1.32 bits per heavy atom. The summed E-state index contributed by atoms with van der Waals surface area (Å²) in [5.74, 6) is -0.366. The molecule has 1 aliphatic heterocycles. The Kier molecular flexibility index (Phi) is 6.37. The van der Waals surface area contributed by atoms with Crippen molar-refractivity contribution < 1.29 is 19.2 Å². The molecule has 0 radical (unpaired) electrons. The Balaban J connectivity index is 2.10. The van der Waals surface area contributed by atoms with Crippen LogP contribution in [0.3, 0.4) is 0 Å². The Morgan fingerprint density at radius 2 is 2.00 bits per heavy atom. The van der Waals surface area contributed by atoms with Gasteiger partial charge in [0.25, 0.3) is 0 Å². The zero-order valence-corrected chi connectivity index (χ0v) is 15.2. The number of ether oxygens (including phenoxy) is 1. The van der Waals surface area contributed by atoms with Crippen molar-refractivity contribution in [3.05, 3.63) is 48.6 Å². The zero-order chi connectivity index (χ0) is 18.4. The SMILES string of the molecule is C=CC[C@H]1[C@H](OC(=O)C(C)(C)C)CCC(=O)N1OCc1ccccc1. The summed E-state index contributed by atoms with van der Waals surface area (Å²) in [6.45, 7) is 9.50. The minimum Gasteiger partial charge on any atom is -0.460 e. The van der Waals surface area contributed by atoms with Crippen LogP contribution in [0.25, 0.3) is 0 Å². The van der Waals surface area contributed by atoms with E-state index in [1.165, 1.54) is 5.06 Å². The molecule has 1 aromatic carbocycles. The van der Waals surface area contributed by atoms with Gasteiger partial charge in [-0.05, 0) is 39.2 Å². The maximum Gasteiger partial charge on any atom is 0.311 e. The normalized spacial score (nSPS) is 21.1. The summed E-state index contributed by atoms with van der Waals surface area (Å²) in [6.07, 6.45) is 2.63. The van der Waals surface area contributed by atoms with Gasteiger partial charge < -0.3 is 4.74 Å². The van der Waals surface area contributed by atoms with Crippen molar-refractivity contribution in [2.45, 2.75) is 58.8 Å². The maximum absolute atomic E-state index is 12.4. The molecule has 1 heterocycles. The molecule has 136 valence electrons. The first-order valence-electron chi connectivity index (χ1n) is 8.64. The van der Waals surface area contributed by atoms with E-state index in [-0.39, 0.29) is 17.9 Å². The summed E-state index contributed by atoms with van der Waals surface area (Å²) in [5, 5.41) is 1.37. The molecular formula is C20H27NO4. The van der Waals surface area contributed by atoms with E-state index in [9.17, 15) is 9.59 Å². The molecule has 0 unspecified atom stereocenters. The zero-order valence-electron chi connectivity index (χ0n) is 15.2. The number of hydrogen-bond acceptors (Lipinski definition) is 4. The summed E-state index contributed by atoms with van der Waals surface area (Å²) >= 11 is 0. The van der Waals surface area contributed by atoms with E-state index < -0.39 is 11.5 Å². The molecule has 25 heavy (non-hydrogen) atoms. The van der Waals surface area contributed by atoms with E-state index in [4.69, 9.17) is 9.57 Å².